The number of carbonyl (C=O) groups is 2. The van der Waals surface area contributed by atoms with Crippen LogP contribution >= 0.6 is 11.8 Å². The summed E-state index contributed by atoms with van der Waals surface area (Å²) >= 11 is 1.49. The van der Waals surface area contributed by atoms with Crippen molar-refractivity contribution >= 4 is 44.3 Å². The number of nitrogens with two attached hydrogens (primary N) is 1. The molecule has 0 aliphatic carbocycles. The summed E-state index contributed by atoms with van der Waals surface area (Å²) in [4.78, 5) is 28.5. The number of hydrogen-bond donors (Lipinski definition) is 3. The number of aromatic amines is 1. The van der Waals surface area contributed by atoms with Crippen LogP contribution in [0.4, 0.5) is 0 Å². The van der Waals surface area contributed by atoms with Crippen molar-refractivity contribution in [1.29, 1.82) is 0 Å². The van der Waals surface area contributed by atoms with E-state index in [0.717, 1.165) is 15.8 Å². The van der Waals surface area contributed by atoms with Crippen LogP contribution in [0.25, 0.3) is 10.9 Å². The number of benzene rings is 2. The number of nitrogens with one attached hydrogen (secondary N) is 2. The Labute approximate surface area is 196 Å². The smallest absolute Gasteiger partial charge is 0.267 e. The van der Waals surface area contributed by atoms with Gasteiger partial charge < -0.3 is 20.8 Å². The van der Waals surface area contributed by atoms with Gasteiger partial charge in [0.25, 0.3) is 5.91 Å². The van der Waals surface area contributed by atoms with E-state index < -0.39 is 20.5 Å². The quantitative estimate of drug-likeness (QED) is 0.330. The van der Waals surface area contributed by atoms with Crippen LogP contribution < -0.4 is 11.1 Å². The summed E-state index contributed by atoms with van der Waals surface area (Å²) in [7, 11) is -3.94. The summed E-state index contributed by atoms with van der Waals surface area (Å²) in [5.41, 5.74) is 6.93. The average Bonchev–Trinajstić information content (AvgIpc) is 3.27. The first-order valence-electron chi connectivity index (χ1n) is 10.5. The van der Waals surface area contributed by atoms with Crippen LogP contribution in [0.2, 0.25) is 0 Å². The first kappa shape index (κ1) is 23.3. The zero-order valence-electron chi connectivity index (χ0n) is 17.9. The number of sulfone groups is 1. The molecule has 2 heterocycles. The molecule has 33 heavy (non-hydrogen) atoms. The van der Waals surface area contributed by atoms with Gasteiger partial charge in [0.2, 0.25) is 5.91 Å². The Hall–Kier alpha value is -2.82. The van der Waals surface area contributed by atoms with E-state index in [4.69, 9.17) is 10.5 Å². The van der Waals surface area contributed by atoms with Crippen LogP contribution in [0.5, 0.6) is 0 Å². The van der Waals surface area contributed by atoms with Gasteiger partial charge in [0.1, 0.15) is 5.69 Å². The summed E-state index contributed by atoms with van der Waals surface area (Å²) < 4.78 is 30.0. The third-order valence-corrected chi connectivity index (χ3v) is 9.37. The molecule has 0 unspecified atom stereocenters. The number of H-pyrrole nitrogens is 1. The first-order valence-corrected chi connectivity index (χ1v) is 13.0. The first-order chi connectivity index (χ1) is 15.8. The lowest BCUT2D eigenvalue weighted by Crippen LogP contribution is -2.53. The number of primary amides is 1. The van der Waals surface area contributed by atoms with E-state index in [2.05, 4.69) is 10.3 Å². The monoisotopic (exact) mass is 487 g/mol. The van der Waals surface area contributed by atoms with Crippen molar-refractivity contribution in [1.82, 2.24) is 10.3 Å². The Balaban J connectivity index is 1.34. The van der Waals surface area contributed by atoms with E-state index >= 15 is 0 Å². The molecule has 0 atom stereocenters. The zero-order valence-corrected chi connectivity index (χ0v) is 19.5. The molecule has 1 fully saturated rings. The van der Waals surface area contributed by atoms with Gasteiger partial charge in [-0.25, -0.2) is 8.42 Å². The highest BCUT2D eigenvalue weighted by molar-refractivity contribution is 7.99. The molecular weight excluding hydrogens is 462 g/mol. The minimum absolute atomic E-state index is 0.0528. The highest BCUT2D eigenvalue weighted by Gasteiger charge is 2.51. The Kier molecular flexibility index (Phi) is 6.78. The molecule has 4 rings (SSSR count). The Bertz CT molecular complexity index is 1230. The van der Waals surface area contributed by atoms with Crippen LogP contribution in [-0.4, -0.2) is 55.5 Å². The zero-order chi connectivity index (χ0) is 23.5. The molecule has 1 aliphatic rings. The molecule has 3 aromatic rings. The highest BCUT2D eigenvalue weighted by atomic mass is 32.2. The van der Waals surface area contributed by atoms with Crippen molar-refractivity contribution < 1.29 is 22.7 Å². The molecule has 1 aliphatic heterocycles. The van der Waals surface area contributed by atoms with Gasteiger partial charge in [-0.15, -0.1) is 11.8 Å². The van der Waals surface area contributed by atoms with Crippen molar-refractivity contribution in [2.75, 3.05) is 25.5 Å². The van der Waals surface area contributed by atoms with Crippen LogP contribution in [0.1, 0.15) is 23.3 Å². The lowest BCUT2D eigenvalue weighted by atomic mass is 9.98. The van der Waals surface area contributed by atoms with Crippen molar-refractivity contribution in [2.24, 2.45) is 5.73 Å². The highest BCUT2D eigenvalue weighted by Crippen LogP contribution is 2.35. The van der Waals surface area contributed by atoms with Crippen molar-refractivity contribution in [3.8, 4) is 0 Å². The van der Waals surface area contributed by atoms with Gasteiger partial charge in [0.15, 0.2) is 14.6 Å². The number of amides is 2. The van der Waals surface area contributed by atoms with E-state index in [9.17, 15) is 18.0 Å². The standard InChI is InChI=1S/C23H25N3O5S2/c24-22(28)23(9-12-31-13-10-23)33(29,30)18-7-5-17(6-8-18)32-14-11-25-21(27)20-15-16-3-1-2-4-19(16)26-20/h1-8,15,26H,9-14H2,(H2,24,28)(H,25,27). The molecule has 174 valence electrons. The van der Waals surface area contributed by atoms with Crippen LogP contribution in [-0.2, 0) is 19.4 Å². The minimum atomic E-state index is -3.94. The molecule has 0 bridgehead atoms. The molecule has 2 aromatic carbocycles. The second-order valence-corrected chi connectivity index (χ2v) is 11.2. The van der Waals surface area contributed by atoms with Crippen LogP contribution in [0.3, 0.4) is 0 Å². The lowest BCUT2D eigenvalue weighted by molar-refractivity contribution is -0.122. The number of para-hydroxylation sites is 1. The molecule has 1 aromatic heterocycles. The summed E-state index contributed by atoms with van der Waals surface area (Å²) in [5, 5.41) is 3.85. The summed E-state index contributed by atoms with van der Waals surface area (Å²) in [6.45, 7) is 0.810. The van der Waals surface area contributed by atoms with Gasteiger partial charge in [0.05, 0.1) is 4.90 Å². The topological polar surface area (TPSA) is 131 Å². The Morgan fingerprint density at radius 3 is 2.45 bits per heavy atom. The van der Waals surface area contributed by atoms with Crippen molar-refractivity contribution in [3.63, 3.8) is 0 Å². The summed E-state index contributed by atoms with van der Waals surface area (Å²) in [6.07, 6.45) is 0.106. The Morgan fingerprint density at radius 1 is 1.09 bits per heavy atom. The number of fused-ring (bicyclic) bond motifs is 1. The maximum absolute atomic E-state index is 13.2. The fraction of sp³-hybridized carbons (Fsp3) is 0.304. The van der Waals surface area contributed by atoms with Gasteiger partial charge in [-0.05, 0) is 49.2 Å². The molecule has 2 amide bonds. The van der Waals surface area contributed by atoms with Crippen molar-refractivity contribution in [2.45, 2.75) is 27.4 Å². The predicted molar refractivity (Wildman–Crippen MR) is 127 cm³/mol. The molecular formula is C23H25N3O5S2. The maximum atomic E-state index is 13.2. The third kappa shape index (κ3) is 4.64. The van der Waals surface area contributed by atoms with E-state index in [1.807, 2.05) is 30.3 Å². The molecule has 0 saturated carbocycles. The van der Waals surface area contributed by atoms with Crippen LogP contribution in [0, 0.1) is 0 Å². The van der Waals surface area contributed by atoms with E-state index in [1.54, 1.807) is 12.1 Å². The van der Waals surface area contributed by atoms with E-state index in [-0.39, 0.29) is 36.9 Å². The fourth-order valence-electron chi connectivity index (χ4n) is 3.91. The average molecular weight is 488 g/mol. The number of hydrogen-bond acceptors (Lipinski definition) is 6. The molecule has 0 radical (unpaired) electrons. The number of ether oxygens (including phenoxy) is 1. The number of thioether (sulfide) groups is 1. The van der Waals surface area contributed by atoms with Gasteiger partial charge in [0, 0.05) is 41.3 Å². The van der Waals surface area contributed by atoms with E-state index in [0.29, 0.717) is 18.0 Å². The molecule has 8 nitrogen and oxygen atoms in total. The van der Waals surface area contributed by atoms with Crippen molar-refractivity contribution in [3.05, 3.63) is 60.3 Å². The third-order valence-electron chi connectivity index (χ3n) is 5.83. The SMILES string of the molecule is NC(=O)C1(S(=O)(=O)c2ccc(SCCNC(=O)c3cc4ccccc4[nH]3)cc2)CCOCC1. The second-order valence-electron chi connectivity index (χ2n) is 7.82. The fourth-order valence-corrected chi connectivity index (χ4v) is 6.60. The largest absolute Gasteiger partial charge is 0.381 e. The summed E-state index contributed by atoms with van der Waals surface area (Å²) in [6, 6.07) is 15.9. The Morgan fingerprint density at radius 2 is 1.79 bits per heavy atom. The van der Waals surface area contributed by atoms with Gasteiger partial charge in [-0.3, -0.25) is 9.59 Å². The van der Waals surface area contributed by atoms with Gasteiger partial charge >= 0.3 is 0 Å². The number of rotatable bonds is 8. The molecule has 4 N–H and O–H groups in total. The van der Waals surface area contributed by atoms with Gasteiger partial charge in [-0.1, -0.05) is 18.2 Å². The summed E-state index contributed by atoms with van der Waals surface area (Å²) in [5.74, 6) is -0.405. The van der Waals surface area contributed by atoms with E-state index in [1.165, 1.54) is 23.9 Å². The number of carbonyl (C=O) groups excluding carboxylic acids is 2. The minimum Gasteiger partial charge on any atom is -0.381 e. The maximum Gasteiger partial charge on any atom is 0.267 e. The second kappa shape index (κ2) is 9.58. The normalized spacial score (nSPS) is 15.9. The molecule has 0 spiro atoms. The van der Waals surface area contributed by atoms with Gasteiger partial charge in [-0.2, -0.15) is 0 Å². The molecule has 10 heteroatoms. The lowest BCUT2D eigenvalue weighted by Gasteiger charge is -2.33. The number of aromatic nitrogens is 1. The van der Waals surface area contributed by atoms with Crippen LogP contribution in [0.15, 0.2) is 64.4 Å². The molecule has 1 saturated heterocycles. The predicted octanol–water partition coefficient (Wildman–Crippen LogP) is 2.50.